The number of aryl methyl sites for hydroxylation is 4. The van der Waals surface area contributed by atoms with Crippen molar-refractivity contribution in [3.05, 3.63) is 70.0 Å². The molecule has 0 fully saturated rings. The summed E-state index contributed by atoms with van der Waals surface area (Å²) in [5.74, 6) is 1.15. The lowest BCUT2D eigenvalue weighted by Gasteiger charge is -2.03. The fourth-order valence-electron chi connectivity index (χ4n) is 2.94. The maximum Gasteiger partial charge on any atom is 0.247 e. The lowest BCUT2D eigenvalue weighted by atomic mass is 10.1. The highest BCUT2D eigenvalue weighted by molar-refractivity contribution is 9.10. The quantitative estimate of drug-likeness (QED) is 0.468. The summed E-state index contributed by atoms with van der Waals surface area (Å²) in [7, 11) is 0. The first-order valence-electron chi connectivity index (χ1n) is 8.67. The van der Waals surface area contributed by atoms with E-state index in [0.29, 0.717) is 24.7 Å². The van der Waals surface area contributed by atoms with Crippen molar-refractivity contribution in [3.8, 4) is 11.5 Å². The lowest BCUT2D eigenvalue weighted by molar-refractivity contribution is 0.471. The lowest BCUT2D eigenvalue weighted by Crippen LogP contribution is -2.05. The summed E-state index contributed by atoms with van der Waals surface area (Å²) in [5.41, 5.74) is 4.21. The number of aromatic nitrogens is 6. The van der Waals surface area contributed by atoms with Crippen molar-refractivity contribution in [2.45, 2.75) is 33.4 Å². The van der Waals surface area contributed by atoms with Gasteiger partial charge in [-0.05, 0) is 53.5 Å². The fraction of sp³-hybridized carbons (Fsp3) is 0.263. The van der Waals surface area contributed by atoms with Crippen LogP contribution in [0.1, 0.15) is 22.8 Å². The van der Waals surface area contributed by atoms with Gasteiger partial charge in [-0.15, -0.1) is 10.2 Å². The van der Waals surface area contributed by atoms with Gasteiger partial charge in [0, 0.05) is 30.4 Å². The SMILES string of the molecule is Cc1cc(C)n(CCc2nnc(-c3ccc(Cn4cc(Br)cn4)cc3)o2)n1. The van der Waals surface area contributed by atoms with Crippen LogP contribution in [0.5, 0.6) is 0 Å². The van der Waals surface area contributed by atoms with Gasteiger partial charge in [0.05, 0.1) is 22.9 Å². The van der Waals surface area contributed by atoms with Gasteiger partial charge in [0.2, 0.25) is 11.8 Å². The topological polar surface area (TPSA) is 74.6 Å². The second-order valence-electron chi connectivity index (χ2n) is 6.45. The monoisotopic (exact) mass is 426 g/mol. The highest BCUT2D eigenvalue weighted by atomic mass is 79.9. The molecule has 0 unspecified atom stereocenters. The van der Waals surface area contributed by atoms with Gasteiger partial charge in [-0.1, -0.05) is 12.1 Å². The molecule has 0 amide bonds. The summed E-state index contributed by atoms with van der Waals surface area (Å²) < 4.78 is 10.6. The molecule has 138 valence electrons. The molecular formula is C19H19BrN6O. The molecule has 8 heteroatoms. The molecule has 0 atom stereocenters. The van der Waals surface area contributed by atoms with Gasteiger partial charge in [-0.3, -0.25) is 9.36 Å². The first-order chi connectivity index (χ1) is 13.1. The maximum absolute atomic E-state index is 5.81. The molecule has 0 aliphatic rings. The summed E-state index contributed by atoms with van der Waals surface area (Å²) in [4.78, 5) is 0. The molecule has 3 heterocycles. The van der Waals surface area contributed by atoms with Crippen LogP contribution in [0, 0.1) is 13.8 Å². The average Bonchev–Trinajstić information content (AvgIpc) is 3.35. The minimum atomic E-state index is 0.534. The molecular weight excluding hydrogens is 408 g/mol. The Bertz CT molecular complexity index is 1050. The molecule has 0 N–H and O–H groups in total. The van der Waals surface area contributed by atoms with E-state index in [1.807, 2.05) is 53.7 Å². The number of benzene rings is 1. The highest BCUT2D eigenvalue weighted by Crippen LogP contribution is 2.19. The van der Waals surface area contributed by atoms with Crippen LogP contribution in [0.3, 0.4) is 0 Å². The molecule has 0 saturated heterocycles. The van der Waals surface area contributed by atoms with Gasteiger partial charge in [-0.2, -0.15) is 10.2 Å². The molecule has 0 aliphatic heterocycles. The summed E-state index contributed by atoms with van der Waals surface area (Å²) in [6.45, 7) is 5.47. The van der Waals surface area contributed by atoms with Gasteiger partial charge in [0.25, 0.3) is 0 Å². The van der Waals surface area contributed by atoms with E-state index >= 15 is 0 Å². The molecule has 0 radical (unpaired) electrons. The molecule has 0 saturated carbocycles. The van der Waals surface area contributed by atoms with Crippen molar-refractivity contribution in [2.75, 3.05) is 0 Å². The number of halogens is 1. The maximum atomic E-state index is 5.81. The summed E-state index contributed by atoms with van der Waals surface area (Å²) in [6.07, 6.45) is 4.38. The van der Waals surface area contributed by atoms with Crippen molar-refractivity contribution in [2.24, 2.45) is 0 Å². The first-order valence-corrected chi connectivity index (χ1v) is 9.47. The Labute approximate surface area is 165 Å². The molecule has 0 spiro atoms. The van der Waals surface area contributed by atoms with E-state index in [9.17, 15) is 0 Å². The van der Waals surface area contributed by atoms with Crippen molar-refractivity contribution in [1.29, 1.82) is 0 Å². The molecule has 4 rings (SSSR count). The van der Waals surface area contributed by atoms with Crippen LogP contribution >= 0.6 is 15.9 Å². The molecule has 1 aromatic carbocycles. The highest BCUT2D eigenvalue weighted by Gasteiger charge is 2.10. The van der Waals surface area contributed by atoms with Gasteiger partial charge in [-0.25, -0.2) is 0 Å². The van der Waals surface area contributed by atoms with Crippen LogP contribution in [0.2, 0.25) is 0 Å². The summed E-state index contributed by atoms with van der Waals surface area (Å²) in [5, 5.41) is 17.1. The third kappa shape index (κ3) is 4.16. The molecule has 3 aromatic heterocycles. The predicted octanol–water partition coefficient (Wildman–Crippen LogP) is 3.80. The van der Waals surface area contributed by atoms with Crippen LogP contribution in [-0.4, -0.2) is 29.8 Å². The van der Waals surface area contributed by atoms with Gasteiger partial charge < -0.3 is 4.42 Å². The van der Waals surface area contributed by atoms with Crippen molar-refractivity contribution in [1.82, 2.24) is 29.8 Å². The Hall–Kier alpha value is -2.74. The number of rotatable bonds is 6. The van der Waals surface area contributed by atoms with Crippen molar-refractivity contribution in [3.63, 3.8) is 0 Å². The summed E-state index contributed by atoms with van der Waals surface area (Å²) in [6, 6.07) is 10.1. The zero-order chi connectivity index (χ0) is 18.8. The predicted molar refractivity (Wildman–Crippen MR) is 104 cm³/mol. The van der Waals surface area contributed by atoms with Gasteiger partial charge in [0.1, 0.15) is 0 Å². The van der Waals surface area contributed by atoms with Gasteiger partial charge >= 0.3 is 0 Å². The minimum Gasteiger partial charge on any atom is -0.421 e. The largest absolute Gasteiger partial charge is 0.421 e. The van der Waals surface area contributed by atoms with Crippen LogP contribution in [0.4, 0.5) is 0 Å². The molecule has 7 nitrogen and oxygen atoms in total. The number of nitrogens with zero attached hydrogens (tertiary/aromatic N) is 6. The van der Waals surface area contributed by atoms with Crippen LogP contribution < -0.4 is 0 Å². The van der Waals surface area contributed by atoms with Gasteiger partial charge in [0.15, 0.2) is 0 Å². The van der Waals surface area contributed by atoms with E-state index in [4.69, 9.17) is 4.42 Å². The smallest absolute Gasteiger partial charge is 0.247 e. The molecule has 27 heavy (non-hydrogen) atoms. The van der Waals surface area contributed by atoms with Crippen molar-refractivity contribution < 1.29 is 4.42 Å². The Kier molecular flexibility index (Phi) is 4.89. The normalized spacial score (nSPS) is 11.2. The molecule has 0 bridgehead atoms. The second kappa shape index (κ2) is 7.48. The van der Waals surface area contributed by atoms with Crippen LogP contribution in [0.25, 0.3) is 11.5 Å². The zero-order valence-corrected chi connectivity index (χ0v) is 16.7. The Morgan fingerprint density at radius 1 is 1.11 bits per heavy atom. The standard InChI is InChI=1S/C19H19BrN6O/c1-13-9-14(2)26(24-13)8-7-18-22-23-19(27-18)16-5-3-15(4-6-16)11-25-12-17(20)10-21-25/h3-6,9-10,12H,7-8,11H2,1-2H3. The fourth-order valence-corrected chi connectivity index (χ4v) is 3.27. The van der Waals surface area contributed by atoms with E-state index in [2.05, 4.69) is 42.4 Å². The Morgan fingerprint density at radius 3 is 2.59 bits per heavy atom. The molecule has 0 aliphatic carbocycles. The minimum absolute atomic E-state index is 0.534. The van der Waals surface area contributed by atoms with E-state index in [1.54, 1.807) is 6.20 Å². The van der Waals surface area contributed by atoms with E-state index in [-0.39, 0.29) is 0 Å². The van der Waals surface area contributed by atoms with E-state index < -0.39 is 0 Å². The third-order valence-corrected chi connectivity index (χ3v) is 4.66. The first kappa shape index (κ1) is 17.7. The average molecular weight is 427 g/mol. The zero-order valence-electron chi connectivity index (χ0n) is 15.1. The second-order valence-corrected chi connectivity index (χ2v) is 7.37. The summed E-state index contributed by atoms with van der Waals surface area (Å²) >= 11 is 3.41. The Balaban J connectivity index is 1.41. The van der Waals surface area contributed by atoms with E-state index in [0.717, 1.165) is 33.5 Å². The Morgan fingerprint density at radius 2 is 1.93 bits per heavy atom. The van der Waals surface area contributed by atoms with E-state index in [1.165, 1.54) is 0 Å². The van der Waals surface area contributed by atoms with Crippen LogP contribution in [0.15, 0.2) is 51.6 Å². The van der Waals surface area contributed by atoms with Crippen molar-refractivity contribution >= 4 is 15.9 Å². The third-order valence-electron chi connectivity index (χ3n) is 4.25. The molecule has 4 aromatic rings. The number of hydrogen-bond donors (Lipinski definition) is 0. The van der Waals surface area contributed by atoms with Crippen LogP contribution in [-0.2, 0) is 19.5 Å². The number of hydrogen-bond acceptors (Lipinski definition) is 5.